The van der Waals surface area contributed by atoms with E-state index in [2.05, 4.69) is 34.4 Å². The van der Waals surface area contributed by atoms with Gasteiger partial charge in [0.15, 0.2) is 0 Å². The molecule has 0 saturated carbocycles. The van der Waals surface area contributed by atoms with Crippen molar-refractivity contribution in [3.63, 3.8) is 0 Å². The molecule has 1 spiro atoms. The second-order valence-electron chi connectivity index (χ2n) is 14.8. The molecule has 3 heterocycles. The monoisotopic (exact) mass is 777 g/mol. The number of anilines is 1. The Morgan fingerprint density at radius 3 is 2.37 bits per heavy atom. The van der Waals surface area contributed by atoms with E-state index in [1.54, 1.807) is 24.0 Å². The number of carbonyl (C=O) groups is 4. The van der Waals surface area contributed by atoms with E-state index < -0.39 is 59.6 Å². The van der Waals surface area contributed by atoms with E-state index in [1.807, 2.05) is 76.2 Å². The third-order valence-corrected chi connectivity index (χ3v) is 11.5. The summed E-state index contributed by atoms with van der Waals surface area (Å²) in [5.74, 6) is -3.61. The highest BCUT2D eigenvalue weighted by atomic mass is 79.9. The van der Waals surface area contributed by atoms with Crippen molar-refractivity contribution in [1.29, 1.82) is 0 Å². The average Bonchev–Trinajstić information content (AvgIpc) is 3.71. The molecular formula is C41H52BrN3O7. The number of aryl methyl sites for hydroxylation is 2. The van der Waals surface area contributed by atoms with Crippen LogP contribution in [0, 0.1) is 31.6 Å². The second kappa shape index (κ2) is 16.5. The van der Waals surface area contributed by atoms with Crippen molar-refractivity contribution < 1.29 is 33.8 Å². The first-order chi connectivity index (χ1) is 24.8. The highest BCUT2D eigenvalue weighted by Gasteiger charge is 2.77. The fraction of sp³-hybridized carbons (Fsp3) is 0.512. The molecule has 2 aromatic rings. The number of nitrogens with one attached hydrogen (secondary N) is 1. The van der Waals surface area contributed by atoms with Crippen LogP contribution in [-0.4, -0.2) is 81.5 Å². The Morgan fingerprint density at radius 1 is 1.10 bits per heavy atom. The number of para-hydroxylation sites is 1. The zero-order chi connectivity index (χ0) is 37.9. The number of benzene rings is 2. The van der Waals surface area contributed by atoms with Crippen molar-refractivity contribution in [3.05, 3.63) is 90.5 Å². The summed E-state index contributed by atoms with van der Waals surface area (Å²) in [5.41, 5.74) is 1.80. The van der Waals surface area contributed by atoms with Gasteiger partial charge in [-0.2, -0.15) is 0 Å². The predicted octanol–water partition coefficient (Wildman–Crippen LogP) is 5.73. The Bertz CT molecular complexity index is 1650. The van der Waals surface area contributed by atoms with Gasteiger partial charge < -0.3 is 29.7 Å². The maximum atomic E-state index is 15.2. The number of fused-ring (bicyclic) bond motifs is 1. The van der Waals surface area contributed by atoms with Gasteiger partial charge in [0.2, 0.25) is 11.8 Å². The summed E-state index contributed by atoms with van der Waals surface area (Å²) in [6.07, 6.45) is 3.19. The molecule has 11 heteroatoms. The standard InChI is InChI=1S/C41H52BrN3O7/c1-8-10-19-31(47)43-27(7)35(28-17-12-11-13-18-28)51-40(50)32-33-38(48)45(29(23-46)21-24(3)4)37(41(33)22-30(42)36(32)52-41)39(49)44(20-9-2)34-25(5)15-14-16-26(34)6/h8-9,11-18,24,27,29-30,32-33,35-37,46H,1-2,10,19-23H2,3-7H3,(H,43,47)/t27-,29-,30?,32-,33+,35-,36-,37-,41+/m1/s1. The van der Waals surface area contributed by atoms with Crippen molar-refractivity contribution in [1.82, 2.24) is 10.2 Å². The highest BCUT2D eigenvalue weighted by molar-refractivity contribution is 9.09. The van der Waals surface area contributed by atoms with E-state index in [1.165, 1.54) is 4.90 Å². The van der Waals surface area contributed by atoms with Gasteiger partial charge in [0.05, 0.1) is 36.6 Å². The van der Waals surface area contributed by atoms with Gasteiger partial charge in [-0.25, -0.2) is 0 Å². The van der Waals surface area contributed by atoms with Gasteiger partial charge in [-0.15, -0.1) is 13.2 Å². The summed E-state index contributed by atoms with van der Waals surface area (Å²) in [6, 6.07) is 12.5. The summed E-state index contributed by atoms with van der Waals surface area (Å²) in [7, 11) is 0. The van der Waals surface area contributed by atoms with E-state index in [-0.39, 0.29) is 42.1 Å². The molecule has 0 aromatic heterocycles. The fourth-order valence-electron chi connectivity index (χ4n) is 8.57. The van der Waals surface area contributed by atoms with E-state index in [4.69, 9.17) is 9.47 Å². The number of esters is 1. The molecule has 0 aliphatic carbocycles. The lowest BCUT2D eigenvalue weighted by molar-refractivity contribution is -0.162. The molecule has 10 nitrogen and oxygen atoms in total. The van der Waals surface area contributed by atoms with Gasteiger partial charge in [0.1, 0.15) is 17.7 Å². The van der Waals surface area contributed by atoms with Crippen LogP contribution in [0.2, 0.25) is 0 Å². The van der Waals surface area contributed by atoms with Gasteiger partial charge >= 0.3 is 5.97 Å². The zero-order valence-corrected chi connectivity index (χ0v) is 32.4. The molecule has 3 saturated heterocycles. The molecule has 3 aliphatic heterocycles. The van der Waals surface area contributed by atoms with Gasteiger partial charge in [-0.05, 0) is 62.6 Å². The molecule has 2 N–H and O–H groups in total. The molecule has 9 atom stereocenters. The van der Waals surface area contributed by atoms with Crippen molar-refractivity contribution in [3.8, 4) is 0 Å². The number of aliphatic hydroxyl groups excluding tert-OH is 1. The molecule has 0 radical (unpaired) electrons. The van der Waals surface area contributed by atoms with E-state index in [0.717, 1.165) is 16.8 Å². The van der Waals surface area contributed by atoms with Gasteiger partial charge in [-0.1, -0.05) is 90.5 Å². The minimum atomic E-state index is -1.37. The first-order valence-electron chi connectivity index (χ1n) is 18.2. The molecule has 5 rings (SSSR count). The van der Waals surface area contributed by atoms with Crippen LogP contribution in [0.25, 0.3) is 0 Å². The minimum absolute atomic E-state index is 0.0956. The number of allylic oxidation sites excluding steroid dienone is 1. The number of nitrogens with zero attached hydrogens (tertiary/aromatic N) is 2. The van der Waals surface area contributed by atoms with Crippen LogP contribution in [0.15, 0.2) is 73.8 Å². The number of carbonyl (C=O) groups excluding carboxylic acids is 4. The van der Waals surface area contributed by atoms with Crippen LogP contribution in [0.3, 0.4) is 0 Å². The van der Waals surface area contributed by atoms with E-state index >= 15 is 4.79 Å². The third-order valence-electron chi connectivity index (χ3n) is 10.7. The fourth-order valence-corrected chi connectivity index (χ4v) is 9.51. The lowest BCUT2D eigenvalue weighted by Gasteiger charge is -2.40. The van der Waals surface area contributed by atoms with Crippen LogP contribution >= 0.6 is 15.9 Å². The Labute approximate surface area is 315 Å². The molecule has 3 fully saturated rings. The van der Waals surface area contributed by atoms with Gasteiger partial charge in [-0.3, -0.25) is 19.2 Å². The maximum Gasteiger partial charge on any atom is 0.313 e. The van der Waals surface area contributed by atoms with Crippen molar-refractivity contribution >= 4 is 45.3 Å². The predicted molar refractivity (Wildman–Crippen MR) is 204 cm³/mol. The highest BCUT2D eigenvalue weighted by Crippen LogP contribution is 2.61. The molecule has 280 valence electrons. The summed E-state index contributed by atoms with van der Waals surface area (Å²) < 4.78 is 13.1. The lowest BCUT2D eigenvalue weighted by Crippen LogP contribution is -2.59. The number of aliphatic hydroxyl groups is 1. The number of rotatable bonds is 16. The quantitative estimate of drug-likeness (QED) is 0.127. The Morgan fingerprint density at radius 2 is 1.77 bits per heavy atom. The van der Waals surface area contributed by atoms with Gasteiger partial charge in [0.25, 0.3) is 5.91 Å². The van der Waals surface area contributed by atoms with E-state index in [0.29, 0.717) is 24.8 Å². The van der Waals surface area contributed by atoms with Crippen molar-refractivity contribution in [2.75, 3.05) is 18.1 Å². The van der Waals surface area contributed by atoms with Crippen LogP contribution in [0.5, 0.6) is 0 Å². The molecule has 3 amide bonds. The van der Waals surface area contributed by atoms with Gasteiger partial charge in [0, 0.05) is 23.5 Å². The number of likely N-dealkylation sites (tertiary alicyclic amines) is 1. The number of hydrogen-bond donors (Lipinski definition) is 2. The zero-order valence-electron chi connectivity index (χ0n) is 30.8. The first-order valence-corrected chi connectivity index (χ1v) is 19.1. The molecule has 2 aromatic carbocycles. The van der Waals surface area contributed by atoms with Crippen LogP contribution < -0.4 is 10.2 Å². The average molecular weight is 779 g/mol. The topological polar surface area (TPSA) is 125 Å². The van der Waals surface area contributed by atoms with Crippen molar-refractivity contribution in [2.24, 2.45) is 17.8 Å². The molecule has 3 aliphatic rings. The Kier molecular flexibility index (Phi) is 12.5. The normalized spacial score (nSPS) is 26.4. The summed E-state index contributed by atoms with van der Waals surface area (Å²) >= 11 is 3.76. The summed E-state index contributed by atoms with van der Waals surface area (Å²) in [4.78, 5) is 60.2. The molecule has 1 unspecified atom stereocenters. The number of hydrogen-bond acceptors (Lipinski definition) is 7. The summed E-state index contributed by atoms with van der Waals surface area (Å²) in [5, 5.41) is 13.7. The van der Waals surface area contributed by atoms with Crippen LogP contribution in [-0.2, 0) is 28.7 Å². The number of alkyl halides is 1. The van der Waals surface area contributed by atoms with Crippen molar-refractivity contribution in [2.45, 2.75) is 101 Å². The number of ether oxygens (including phenoxy) is 2. The third kappa shape index (κ3) is 7.37. The SMILES string of the molecule is C=CCCC(=O)N[C@H](C)[C@@H](OC(=O)[C@H]1[C@@H]2O[C@@]3(CC2Br)[C@@H]1C(=O)N([C@@H](CO)CC(C)C)[C@@H]3C(=O)N(CC=C)c1c(C)cccc1C)c1ccccc1. The minimum Gasteiger partial charge on any atom is -0.455 e. The largest absolute Gasteiger partial charge is 0.455 e. The Balaban J connectivity index is 1.57. The number of halogens is 1. The van der Waals surface area contributed by atoms with E-state index in [9.17, 15) is 19.5 Å². The smallest absolute Gasteiger partial charge is 0.313 e. The molecule has 52 heavy (non-hydrogen) atoms. The summed E-state index contributed by atoms with van der Waals surface area (Å²) in [6.45, 7) is 17.1. The second-order valence-corrected chi connectivity index (χ2v) is 16.0. The lowest BCUT2D eigenvalue weighted by atomic mass is 9.70. The molecule has 2 bridgehead atoms. The van der Waals surface area contributed by atoms with Crippen LogP contribution in [0.1, 0.15) is 69.2 Å². The number of amides is 3. The van der Waals surface area contributed by atoms with Crippen LogP contribution in [0.4, 0.5) is 5.69 Å². The first kappa shape index (κ1) is 39.4. The molecular weight excluding hydrogens is 726 g/mol. The maximum absolute atomic E-state index is 15.2. The Hall–Kier alpha value is -3.80.